The molecule has 0 saturated carbocycles. The van der Waals surface area contributed by atoms with Gasteiger partial charge in [-0.3, -0.25) is 9.69 Å². The number of carbonyl (C=O) groups is 1. The molecule has 1 aliphatic heterocycles. The van der Waals surface area contributed by atoms with Crippen LogP contribution in [0.3, 0.4) is 0 Å². The minimum absolute atomic E-state index is 0.152. The fourth-order valence-corrected chi connectivity index (χ4v) is 2.70. The third-order valence-corrected chi connectivity index (χ3v) is 3.96. The van der Waals surface area contributed by atoms with Gasteiger partial charge in [-0.05, 0) is 11.6 Å². The van der Waals surface area contributed by atoms with Crippen LogP contribution < -0.4 is 0 Å². The molecule has 0 N–H and O–H groups in total. The summed E-state index contributed by atoms with van der Waals surface area (Å²) in [6.45, 7) is 4.26. The number of nitrogens with zero attached hydrogens (tertiary/aromatic N) is 2. The molecule has 104 valence electrons. The van der Waals surface area contributed by atoms with Gasteiger partial charge < -0.3 is 4.90 Å². The molecule has 3 nitrogen and oxygen atoms in total. The second kappa shape index (κ2) is 7.13. The Balaban J connectivity index is 1.87. The molecule has 19 heavy (non-hydrogen) atoms. The van der Waals surface area contributed by atoms with Crippen LogP contribution in [0.1, 0.15) is 5.56 Å². The average Bonchev–Trinajstić information content (AvgIpc) is 2.42. The number of halogens is 2. The van der Waals surface area contributed by atoms with Crippen molar-refractivity contribution in [1.82, 2.24) is 9.80 Å². The minimum atomic E-state index is 0.152. The Morgan fingerprint density at radius 1 is 1.16 bits per heavy atom. The van der Waals surface area contributed by atoms with Crippen molar-refractivity contribution in [3.8, 4) is 0 Å². The van der Waals surface area contributed by atoms with Crippen LogP contribution in [0.2, 0.25) is 5.02 Å². The quantitative estimate of drug-likeness (QED) is 0.797. The maximum atomic E-state index is 12.2. The molecule has 1 aliphatic rings. The van der Waals surface area contributed by atoms with Crippen molar-refractivity contribution in [3.63, 3.8) is 0 Å². The minimum Gasteiger partial charge on any atom is -0.340 e. The average molecular weight is 301 g/mol. The zero-order valence-electron chi connectivity index (χ0n) is 10.8. The Morgan fingerprint density at radius 2 is 1.84 bits per heavy atom. The van der Waals surface area contributed by atoms with Gasteiger partial charge in [0.2, 0.25) is 5.91 Å². The van der Waals surface area contributed by atoms with Gasteiger partial charge in [0.05, 0.1) is 6.42 Å². The second-order valence-electron chi connectivity index (χ2n) is 4.68. The Hall–Kier alpha value is -0.770. The molecule has 1 aromatic rings. The molecule has 0 bridgehead atoms. The predicted molar refractivity (Wildman–Crippen MR) is 78.9 cm³/mol. The van der Waals surface area contributed by atoms with Gasteiger partial charge in [0.25, 0.3) is 0 Å². The molecule has 0 spiro atoms. The number of amides is 1. The van der Waals surface area contributed by atoms with E-state index in [1.165, 1.54) is 0 Å². The van der Waals surface area contributed by atoms with Crippen LogP contribution >= 0.6 is 23.2 Å². The van der Waals surface area contributed by atoms with Crippen LogP contribution in [-0.2, 0) is 11.2 Å². The lowest BCUT2D eigenvalue weighted by atomic mass is 10.1. The Morgan fingerprint density at radius 3 is 2.47 bits per heavy atom. The molecule has 1 saturated heterocycles. The van der Waals surface area contributed by atoms with Crippen LogP contribution in [0.4, 0.5) is 0 Å². The van der Waals surface area contributed by atoms with Crippen LogP contribution in [0.25, 0.3) is 0 Å². The molecule has 0 aliphatic carbocycles. The largest absolute Gasteiger partial charge is 0.340 e. The van der Waals surface area contributed by atoms with Crippen molar-refractivity contribution in [1.29, 1.82) is 0 Å². The number of hydrogen-bond donors (Lipinski definition) is 0. The fourth-order valence-electron chi connectivity index (χ4n) is 2.26. The third-order valence-electron chi connectivity index (χ3n) is 3.43. The standard InChI is InChI=1S/C14H18Cl2N2O/c15-5-6-17-7-9-18(10-8-17)14(19)11-12-3-1-2-4-13(12)16/h1-4H,5-11H2. The normalized spacial score (nSPS) is 16.6. The zero-order chi connectivity index (χ0) is 13.7. The number of hydrogen-bond acceptors (Lipinski definition) is 2. The van der Waals surface area contributed by atoms with Crippen molar-refractivity contribution >= 4 is 29.1 Å². The van der Waals surface area contributed by atoms with Gasteiger partial charge in [-0.15, -0.1) is 11.6 Å². The molecular weight excluding hydrogens is 283 g/mol. The van der Waals surface area contributed by atoms with Crippen LogP contribution in [0.5, 0.6) is 0 Å². The summed E-state index contributed by atoms with van der Waals surface area (Å²) < 4.78 is 0. The summed E-state index contributed by atoms with van der Waals surface area (Å²) in [4.78, 5) is 16.4. The lowest BCUT2D eigenvalue weighted by molar-refractivity contribution is -0.132. The first-order chi connectivity index (χ1) is 9.20. The summed E-state index contributed by atoms with van der Waals surface area (Å²) >= 11 is 11.8. The lowest BCUT2D eigenvalue weighted by Gasteiger charge is -2.34. The number of carbonyl (C=O) groups excluding carboxylic acids is 1. The summed E-state index contributed by atoms with van der Waals surface area (Å²) in [6, 6.07) is 7.51. The van der Waals surface area contributed by atoms with E-state index in [1.807, 2.05) is 29.2 Å². The molecule has 2 rings (SSSR count). The number of alkyl halides is 1. The van der Waals surface area contributed by atoms with Crippen molar-refractivity contribution in [2.45, 2.75) is 6.42 Å². The maximum absolute atomic E-state index is 12.2. The zero-order valence-corrected chi connectivity index (χ0v) is 12.3. The highest BCUT2D eigenvalue weighted by Gasteiger charge is 2.21. The number of benzene rings is 1. The molecule has 1 fully saturated rings. The summed E-state index contributed by atoms with van der Waals surface area (Å²) in [6.07, 6.45) is 0.384. The van der Waals surface area contributed by atoms with E-state index in [-0.39, 0.29) is 5.91 Å². The first-order valence-electron chi connectivity index (χ1n) is 6.50. The maximum Gasteiger partial charge on any atom is 0.227 e. The Bertz CT molecular complexity index is 431. The highest BCUT2D eigenvalue weighted by atomic mass is 35.5. The third kappa shape index (κ3) is 4.10. The highest BCUT2D eigenvalue weighted by molar-refractivity contribution is 6.31. The van der Waals surface area contributed by atoms with E-state index in [9.17, 15) is 4.79 Å². The van der Waals surface area contributed by atoms with Crippen LogP contribution in [0, 0.1) is 0 Å². The summed E-state index contributed by atoms with van der Waals surface area (Å²) in [5.41, 5.74) is 0.900. The molecule has 0 aromatic heterocycles. The fraction of sp³-hybridized carbons (Fsp3) is 0.500. The SMILES string of the molecule is O=C(Cc1ccccc1Cl)N1CCN(CCCl)CC1. The molecule has 0 radical (unpaired) electrons. The summed E-state index contributed by atoms with van der Waals surface area (Å²) in [7, 11) is 0. The molecule has 1 amide bonds. The molecule has 1 aromatic carbocycles. The van der Waals surface area contributed by atoms with E-state index in [0.29, 0.717) is 17.3 Å². The Kier molecular flexibility index (Phi) is 5.49. The van der Waals surface area contributed by atoms with Crippen LogP contribution in [0.15, 0.2) is 24.3 Å². The van der Waals surface area contributed by atoms with E-state index in [0.717, 1.165) is 38.3 Å². The van der Waals surface area contributed by atoms with Gasteiger partial charge >= 0.3 is 0 Å². The Labute approximate surface area is 124 Å². The van der Waals surface area contributed by atoms with E-state index in [2.05, 4.69) is 4.90 Å². The molecule has 5 heteroatoms. The van der Waals surface area contributed by atoms with E-state index in [4.69, 9.17) is 23.2 Å². The highest BCUT2D eigenvalue weighted by Crippen LogP contribution is 2.16. The van der Waals surface area contributed by atoms with E-state index in [1.54, 1.807) is 0 Å². The first-order valence-corrected chi connectivity index (χ1v) is 7.41. The van der Waals surface area contributed by atoms with Gasteiger partial charge in [0.1, 0.15) is 0 Å². The van der Waals surface area contributed by atoms with Crippen LogP contribution in [-0.4, -0.2) is 54.3 Å². The first kappa shape index (κ1) is 14.6. The van der Waals surface area contributed by atoms with Gasteiger partial charge in [0, 0.05) is 43.6 Å². The monoisotopic (exact) mass is 300 g/mol. The smallest absolute Gasteiger partial charge is 0.227 e. The van der Waals surface area contributed by atoms with Gasteiger partial charge in [0.15, 0.2) is 0 Å². The molecule has 0 unspecified atom stereocenters. The van der Waals surface area contributed by atoms with Gasteiger partial charge in [-0.25, -0.2) is 0 Å². The lowest BCUT2D eigenvalue weighted by Crippen LogP contribution is -2.49. The summed E-state index contributed by atoms with van der Waals surface area (Å²) in [5.74, 6) is 0.798. The van der Waals surface area contributed by atoms with Crippen molar-refractivity contribution in [2.75, 3.05) is 38.6 Å². The van der Waals surface area contributed by atoms with Crippen molar-refractivity contribution < 1.29 is 4.79 Å². The van der Waals surface area contributed by atoms with Crippen molar-refractivity contribution in [3.05, 3.63) is 34.9 Å². The number of piperazine rings is 1. The van der Waals surface area contributed by atoms with Gasteiger partial charge in [-0.2, -0.15) is 0 Å². The molecule has 1 heterocycles. The van der Waals surface area contributed by atoms with Gasteiger partial charge in [-0.1, -0.05) is 29.8 Å². The van der Waals surface area contributed by atoms with E-state index >= 15 is 0 Å². The second-order valence-corrected chi connectivity index (χ2v) is 5.46. The molecular formula is C14H18Cl2N2O. The predicted octanol–water partition coefficient (Wildman–Crippen LogP) is 2.27. The topological polar surface area (TPSA) is 23.6 Å². The van der Waals surface area contributed by atoms with E-state index < -0.39 is 0 Å². The number of rotatable bonds is 4. The summed E-state index contributed by atoms with van der Waals surface area (Å²) in [5, 5.41) is 0.664. The van der Waals surface area contributed by atoms with Crippen molar-refractivity contribution in [2.24, 2.45) is 0 Å². The molecule has 0 atom stereocenters.